The molecule has 0 bridgehead atoms. The molecule has 0 fully saturated rings. The molecule has 0 unspecified atom stereocenters. The number of nitrogens with one attached hydrogen (secondary N) is 1. The van der Waals surface area contributed by atoms with Gasteiger partial charge in [-0.15, -0.1) is 24.0 Å². The van der Waals surface area contributed by atoms with Crippen molar-refractivity contribution < 1.29 is 8.42 Å². The lowest BCUT2D eigenvalue weighted by atomic mass is 10.5. The normalized spacial score (nSPS) is 12.0. The summed E-state index contributed by atoms with van der Waals surface area (Å²) in [5.41, 5.74) is 5.43. The highest BCUT2D eigenvalue weighted by Gasteiger charge is 2.00. The van der Waals surface area contributed by atoms with E-state index < -0.39 is 9.84 Å². The van der Waals surface area contributed by atoms with Gasteiger partial charge in [0.2, 0.25) is 0 Å². The molecule has 0 spiro atoms. The summed E-state index contributed by atoms with van der Waals surface area (Å²) in [7, 11) is -2.91. The molecule has 86 valence electrons. The lowest BCUT2D eigenvalue weighted by Gasteiger charge is -2.03. The number of hydrogen-bond acceptors (Lipinski definition) is 3. The number of nitrogens with two attached hydrogens (primary N) is 1. The molecule has 0 rings (SSSR count). The monoisotopic (exact) mass is 335 g/mol. The second kappa shape index (κ2) is 8.27. The molecule has 5 nitrogen and oxygen atoms in total. The molecule has 0 atom stereocenters. The zero-order chi connectivity index (χ0) is 10.3. The average molecular weight is 335 g/mol. The van der Waals surface area contributed by atoms with Gasteiger partial charge in [-0.05, 0) is 6.42 Å². The molecule has 0 heterocycles. The van der Waals surface area contributed by atoms with Gasteiger partial charge in [-0.3, -0.25) is 4.99 Å². The highest BCUT2D eigenvalue weighted by molar-refractivity contribution is 14.0. The summed E-state index contributed by atoms with van der Waals surface area (Å²) in [5.74, 6) is 0.389. The van der Waals surface area contributed by atoms with Gasteiger partial charge in [0, 0.05) is 19.3 Å². The first kappa shape index (κ1) is 16.4. The molecule has 0 aromatic heterocycles. The summed E-state index contributed by atoms with van der Waals surface area (Å²) in [6.07, 6.45) is 2.11. The molecule has 3 N–H and O–H groups in total. The molecule has 0 aromatic carbocycles. The highest BCUT2D eigenvalue weighted by Crippen LogP contribution is 1.80. The Morgan fingerprint density at radius 2 is 2.07 bits per heavy atom. The van der Waals surface area contributed by atoms with E-state index in [0.717, 1.165) is 6.42 Å². The predicted octanol–water partition coefficient (Wildman–Crippen LogP) is -0.0367. The SMILES string of the molecule is CCCN=C(N)NCCS(C)(=O)=O.I. The van der Waals surface area contributed by atoms with E-state index in [4.69, 9.17) is 5.73 Å². The number of nitrogens with zero attached hydrogens (tertiary/aromatic N) is 1. The Labute approximate surface area is 102 Å². The van der Waals surface area contributed by atoms with Crippen LogP contribution in [0.15, 0.2) is 4.99 Å². The molecule has 14 heavy (non-hydrogen) atoms. The van der Waals surface area contributed by atoms with E-state index in [1.54, 1.807) is 0 Å². The number of guanidine groups is 1. The quantitative estimate of drug-likeness (QED) is 0.420. The molecule has 0 saturated carbocycles. The smallest absolute Gasteiger partial charge is 0.188 e. The molecule has 0 aliphatic carbocycles. The van der Waals surface area contributed by atoms with Crippen LogP contribution in [0.1, 0.15) is 13.3 Å². The van der Waals surface area contributed by atoms with Crippen molar-refractivity contribution in [3.8, 4) is 0 Å². The topological polar surface area (TPSA) is 84.5 Å². The van der Waals surface area contributed by atoms with Gasteiger partial charge >= 0.3 is 0 Å². The summed E-state index contributed by atoms with van der Waals surface area (Å²) >= 11 is 0. The fourth-order valence-electron chi connectivity index (χ4n) is 0.653. The van der Waals surface area contributed by atoms with Crippen molar-refractivity contribution in [2.24, 2.45) is 10.7 Å². The lowest BCUT2D eigenvalue weighted by Crippen LogP contribution is -2.35. The minimum atomic E-state index is -2.91. The van der Waals surface area contributed by atoms with Gasteiger partial charge in [-0.25, -0.2) is 8.42 Å². The van der Waals surface area contributed by atoms with Crippen molar-refractivity contribution in [3.05, 3.63) is 0 Å². The van der Waals surface area contributed by atoms with Crippen LogP contribution in [0.3, 0.4) is 0 Å². The van der Waals surface area contributed by atoms with Gasteiger partial charge < -0.3 is 11.1 Å². The van der Waals surface area contributed by atoms with Crippen LogP contribution >= 0.6 is 24.0 Å². The van der Waals surface area contributed by atoms with E-state index in [1.165, 1.54) is 6.26 Å². The maximum Gasteiger partial charge on any atom is 0.188 e. The predicted molar refractivity (Wildman–Crippen MR) is 69.9 cm³/mol. The van der Waals surface area contributed by atoms with Crippen LogP contribution in [0.4, 0.5) is 0 Å². The van der Waals surface area contributed by atoms with Gasteiger partial charge in [0.15, 0.2) is 5.96 Å². The number of sulfone groups is 1. The zero-order valence-corrected chi connectivity index (χ0v) is 11.6. The Kier molecular flexibility index (Phi) is 9.68. The van der Waals surface area contributed by atoms with E-state index >= 15 is 0 Å². The van der Waals surface area contributed by atoms with E-state index in [1.807, 2.05) is 6.92 Å². The van der Waals surface area contributed by atoms with E-state index in [0.29, 0.717) is 19.0 Å². The largest absolute Gasteiger partial charge is 0.370 e. The van der Waals surface area contributed by atoms with Crippen LogP contribution in [0.2, 0.25) is 0 Å². The van der Waals surface area contributed by atoms with Gasteiger partial charge in [-0.1, -0.05) is 6.92 Å². The zero-order valence-electron chi connectivity index (χ0n) is 8.49. The Bertz CT molecular complexity index is 264. The van der Waals surface area contributed by atoms with Crippen molar-refractivity contribution in [1.29, 1.82) is 0 Å². The molecular formula is C7H18IN3O2S. The minimum Gasteiger partial charge on any atom is -0.370 e. The third kappa shape index (κ3) is 11.9. The Balaban J connectivity index is 0. The molecule has 0 aliphatic heterocycles. The maximum absolute atomic E-state index is 10.7. The second-order valence-corrected chi connectivity index (χ2v) is 5.08. The van der Waals surface area contributed by atoms with Crippen LogP contribution in [-0.2, 0) is 9.84 Å². The summed E-state index contributed by atoms with van der Waals surface area (Å²) in [5, 5.41) is 2.72. The van der Waals surface area contributed by atoms with Crippen molar-refractivity contribution in [2.75, 3.05) is 25.1 Å². The first-order valence-corrected chi connectivity index (χ1v) is 6.23. The van der Waals surface area contributed by atoms with Crippen LogP contribution in [-0.4, -0.2) is 39.5 Å². The molecule has 0 aromatic rings. The molecule has 0 saturated heterocycles. The average Bonchev–Trinajstić information content (AvgIpc) is 1.98. The second-order valence-electron chi connectivity index (χ2n) is 2.82. The van der Waals surface area contributed by atoms with E-state index in [-0.39, 0.29) is 29.7 Å². The fourth-order valence-corrected chi connectivity index (χ4v) is 1.13. The first-order chi connectivity index (χ1) is 5.95. The van der Waals surface area contributed by atoms with E-state index in [2.05, 4.69) is 10.3 Å². The molecule has 0 radical (unpaired) electrons. The van der Waals surface area contributed by atoms with Gasteiger partial charge in [0.25, 0.3) is 0 Å². The van der Waals surface area contributed by atoms with Crippen LogP contribution in [0.25, 0.3) is 0 Å². The molecule has 0 amide bonds. The van der Waals surface area contributed by atoms with Gasteiger partial charge in [0.1, 0.15) is 9.84 Å². The number of halogens is 1. The Morgan fingerprint density at radius 3 is 2.50 bits per heavy atom. The molecule has 7 heteroatoms. The van der Waals surface area contributed by atoms with Crippen molar-refractivity contribution in [2.45, 2.75) is 13.3 Å². The van der Waals surface area contributed by atoms with E-state index in [9.17, 15) is 8.42 Å². The lowest BCUT2D eigenvalue weighted by molar-refractivity contribution is 0.600. The van der Waals surface area contributed by atoms with Crippen molar-refractivity contribution in [1.82, 2.24) is 5.32 Å². The van der Waals surface area contributed by atoms with Gasteiger partial charge in [0.05, 0.1) is 5.75 Å². The van der Waals surface area contributed by atoms with Crippen molar-refractivity contribution in [3.63, 3.8) is 0 Å². The Morgan fingerprint density at radius 1 is 1.50 bits per heavy atom. The third-order valence-corrected chi connectivity index (χ3v) is 2.23. The molecule has 0 aliphatic rings. The number of hydrogen-bond donors (Lipinski definition) is 2. The summed E-state index contributed by atoms with van der Waals surface area (Å²) in [6.45, 7) is 2.98. The highest BCUT2D eigenvalue weighted by atomic mass is 127. The maximum atomic E-state index is 10.7. The Hall–Kier alpha value is -0.0500. The standard InChI is InChI=1S/C7H17N3O2S.HI/c1-3-4-9-7(8)10-5-6-13(2,11)12;/h3-6H2,1-2H3,(H3,8,9,10);1H. The van der Waals surface area contributed by atoms with Gasteiger partial charge in [-0.2, -0.15) is 0 Å². The first-order valence-electron chi connectivity index (χ1n) is 4.17. The van der Waals surface area contributed by atoms with Crippen molar-refractivity contribution >= 4 is 39.8 Å². The minimum absolute atomic E-state index is 0. The fraction of sp³-hybridized carbons (Fsp3) is 0.857. The summed E-state index contributed by atoms with van der Waals surface area (Å²) in [6, 6.07) is 0. The third-order valence-electron chi connectivity index (χ3n) is 1.28. The van der Waals surface area contributed by atoms with Crippen LogP contribution < -0.4 is 11.1 Å². The molecular weight excluding hydrogens is 317 g/mol. The summed E-state index contributed by atoms with van der Waals surface area (Å²) in [4.78, 5) is 3.95. The van der Waals surface area contributed by atoms with Crippen LogP contribution in [0, 0.1) is 0 Å². The number of rotatable bonds is 5. The van der Waals surface area contributed by atoms with Crippen LogP contribution in [0.5, 0.6) is 0 Å². The number of aliphatic imine (C=N–C) groups is 1. The summed E-state index contributed by atoms with van der Waals surface area (Å²) < 4.78 is 21.4.